The Balaban J connectivity index is 2.24. The number of benzene rings is 1. The van der Waals surface area contributed by atoms with Crippen LogP contribution in [0.15, 0.2) is 24.3 Å². The molecule has 0 radical (unpaired) electrons. The zero-order valence-corrected chi connectivity index (χ0v) is 18.2. The number of ether oxygens (including phenoxy) is 1. The maximum Gasteiger partial charge on any atom is 0.119 e. The Labute approximate surface area is 167 Å². The summed E-state index contributed by atoms with van der Waals surface area (Å²) in [6, 6.07) is 8.35. The molecule has 0 fully saturated rings. The summed E-state index contributed by atoms with van der Waals surface area (Å²) in [6.45, 7) is 9.91. The summed E-state index contributed by atoms with van der Waals surface area (Å²) >= 11 is 0. The van der Waals surface area contributed by atoms with Crippen molar-refractivity contribution in [2.75, 3.05) is 13.2 Å². The van der Waals surface area contributed by atoms with Crippen molar-refractivity contribution in [1.29, 1.82) is 0 Å². The maximum absolute atomic E-state index is 9.52. The molecule has 2 unspecified atom stereocenters. The number of nitrogens with two attached hydrogens (primary N) is 1. The van der Waals surface area contributed by atoms with E-state index in [-0.39, 0.29) is 6.61 Å². The predicted octanol–water partition coefficient (Wildman–Crippen LogP) is 5.73. The van der Waals surface area contributed by atoms with Crippen molar-refractivity contribution >= 4 is 0 Å². The van der Waals surface area contributed by atoms with E-state index in [2.05, 4.69) is 52.0 Å². The van der Waals surface area contributed by atoms with Gasteiger partial charge in [-0.15, -0.1) is 0 Å². The third-order valence-corrected chi connectivity index (χ3v) is 5.49. The molecular weight excluding hydrogens is 334 g/mol. The highest BCUT2D eigenvalue weighted by atomic mass is 16.5. The fourth-order valence-corrected chi connectivity index (χ4v) is 3.57. The quantitative estimate of drug-likeness (QED) is 0.384. The molecule has 0 aliphatic rings. The number of hydrogen-bond donors (Lipinski definition) is 2. The van der Waals surface area contributed by atoms with Crippen LogP contribution in [0, 0.1) is 11.8 Å². The molecule has 0 amide bonds. The fourth-order valence-electron chi connectivity index (χ4n) is 3.57. The van der Waals surface area contributed by atoms with Gasteiger partial charge in [0.15, 0.2) is 0 Å². The second-order valence-corrected chi connectivity index (χ2v) is 8.84. The van der Waals surface area contributed by atoms with Crippen LogP contribution in [-0.4, -0.2) is 23.9 Å². The number of hydrogen-bond acceptors (Lipinski definition) is 3. The van der Waals surface area contributed by atoms with Crippen LogP contribution in [0.3, 0.4) is 0 Å². The minimum atomic E-state index is -0.449. The average Bonchev–Trinajstić information content (AvgIpc) is 2.64. The molecule has 2 atom stereocenters. The molecule has 0 aromatic heterocycles. The van der Waals surface area contributed by atoms with E-state index in [0.717, 1.165) is 56.3 Å². The lowest BCUT2D eigenvalue weighted by Gasteiger charge is -2.26. The van der Waals surface area contributed by atoms with Crippen LogP contribution >= 0.6 is 0 Å². The Morgan fingerprint density at radius 1 is 1.00 bits per heavy atom. The van der Waals surface area contributed by atoms with Crippen LogP contribution in [-0.2, 0) is 6.42 Å². The lowest BCUT2D eigenvalue weighted by atomic mass is 9.89. The summed E-state index contributed by atoms with van der Waals surface area (Å²) in [5.41, 5.74) is 7.06. The third-order valence-electron chi connectivity index (χ3n) is 5.49. The SMILES string of the molecule is CCCC(N)(CO)CCc1ccc(OCCCC(C)CCCC(C)C)cc1. The van der Waals surface area contributed by atoms with Crippen molar-refractivity contribution in [2.24, 2.45) is 17.6 Å². The third kappa shape index (κ3) is 10.8. The second-order valence-electron chi connectivity index (χ2n) is 8.84. The summed E-state index contributed by atoms with van der Waals surface area (Å²) in [5.74, 6) is 2.56. The van der Waals surface area contributed by atoms with Crippen LogP contribution in [0.5, 0.6) is 5.75 Å². The molecule has 156 valence electrons. The number of aliphatic hydroxyl groups excluding tert-OH is 1. The monoisotopic (exact) mass is 377 g/mol. The minimum absolute atomic E-state index is 0.0535. The molecule has 3 heteroatoms. The molecule has 0 aliphatic carbocycles. The molecule has 0 spiro atoms. The highest BCUT2D eigenvalue weighted by Gasteiger charge is 2.22. The first-order valence-corrected chi connectivity index (χ1v) is 11.0. The van der Waals surface area contributed by atoms with E-state index in [1.165, 1.54) is 31.2 Å². The molecular formula is C24H43NO2. The first-order valence-electron chi connectivity index (χ1n) is 11.0. The normalized spacial score (nSPS) is 14.9. The summed E-state index contributed by atoms with van der Waals surface area (Å²) in [4.78, 5) is 0. The Bertz CT molecular complexity index is 486. The van der Waals surface area contributed by atoms with Gasteiger partial charge in [-0.05, 0) is 61.6 Å². The van der Waals surface area contributed by atoms with Crippen LogP contribution in [0.2, 0.25) is 0 Å². The number of aryl methyl sites for hydroxylation is 1. The van der Waals surface area contributed by atoms with Crippen molar-refractivity contribution < 1.29 is 9.84 Å². The topological polar surface area (TPSA) is 55.5 Å². The molecule has 0 heterocycles. The van der Waals surface area contributed by atoms with E-state index in [1.54, 1.807) is 0 Å². The van der Waals surface area contributed by atoms with E-state index in [9.17, 15) is 5.11 Å². The first kappa shape index (κ1) is 24.0. The number of rotatable bonds is 15. The predicted molar refractivity (Wildman–Crippen MR) is 116 cm³/mol. The van der Waals surface area contributed by atoms with Crippen LogP contribution in [0.1, 0.15) is 84.6 Å². The largest absolute Gasteiger partial charge is 0.494 e. The van der Waals surface area contributed by atoms with E-state index >= 15 is 0 Å². The highest BCUT2D eigenvalue weighted by molar-refractivity contribution is 5.27. The van der Waals surface area contributed by atoms with Crippen molar-refractivity contribution in [2.45, 2.75) is 91.0 Å². The first-order chi connectivity index (χ1) is 12.9. The van der Waals surface area contributed by atoms with E-state index < -0.39 is 5.54 Å². The smallest absolute Gasteiger partial charge is 0.119 e. The molecule has 3 N–H and O–H groups in total. The Hall–Kier alpha value is -1.06. The molecule has 1 rings (SSSR count). The van der Waals surface area contributed by atoms with Crippen LogP contribution in [0.4, 0.5) is 0 Å². The van der Waals surface area contributed by atoms with Gasteiger partial charge in [-0.1, -0.05) is 65.5 Å². The molecule has 1 aromatic rings. The standard InChI is InChI=1S/C24H43NO2/c1-5-16-24(25,19-26)17-15-22-11-13-23(14-12-22)27-18-7-10-21(4)9-6-8-20(2)3/h11-14,20-21,26H,5-10,15-19,25H2,1-4H3. The fraction of sp³-hybridized carbons (Fsp3) is 0.750. The molecule has 27 heavy (non-hydrogen) atoms. The van der Waals surface area contributed by atoms with Gasteiger partial charge in [0, 0.05) is 5.54 Å². The van der Waals surface area contributed by atoms with E-state index in [4.69, 9.17) is 10.5 Å². The lowest BCUT2D eigenvalue weighted by Crippen LogP contribution is -2.43. The van der Waals surface area contributed by atoms with Gasteiger partial charge in [0.05, 0.1) is 13.2 Å². The summed E-state index contributed by atoms with van der Waals surface area (Å²) in [5, 5.41) is 9.52. The van der Waals surface area contributed by atoms with Gasteiger partial charge in [0.1, 0.15) is 5.75 Å². The van der Waals surface area contributed by atoms with Crippen molar-refractivity contribution in [3.63, 3.8) is 0 Å². The molecule has 3 nitrogen and oxygen atoms in total. The van der Waals surface area contributed by atoms with E-state index in [0.29, 0.717) is 0 Å². The van der Waals surface area contributed by atoms with Crippen LogP contribution in [0.25, 0.3) is 0 Å². The van der Waals surface area contributed by atoms with Crippen LogP contribution < -0.4 is 10.5 Å². The molecule has 0 aliphatic heterocycles. The summed E-state index contributed by atoms with van der Waals surface area (Å²) < 4.78 is 5.89. The van der Waals surface area contributed by atoms with Gasteiger partial charge < -0.3 is 15.6 Å². The second kappa shape index (κ2) is 13.2. The zero-order chi connectivity index (χ0) is 20.1. The summed E-state index contributed by atoms with van der Waals surface area (Å²) in [7, 11) is 0. The molecule has 0 saturated carbocycles. The van der Waals surface area contributed by atoms with Crippen molar-refractivity contribution in [3.8, 4) is 5.75 Å². The Kier molecular flexibility index (Phi) is 11.7. The molecule has 1 aromatic carbocycles. The van der Waals surface area contributed by atoms with Gasteiger partial charge in [-0.2, -0.15) is 0 Å². The van der Waals surface area contributed by atoms with E-state index in [1.807, 2.05) is 0 Å². The minimum Gasteiger partial charge on any atom is -0.494 e. The van der Waals surface area contributed by atoms with Gasteiger partial charge in [0.25, 0.3) is 0 Å². The highest BCUT2D eigenvalue weighted by Crippen LogP contribution is 2.20. The Morgan fingerprint density at radius 3 is 2.26 bits per heavy atom. The summed E-state index contributed by atoms with van der Waals surface area (Å²) in [6.07, 6.45) is 9.95. The van der Waals surface area contributed by atoms with Crippen molar-refractivity contribution in [3.05, 3.63) is 29.8 Å². The zero-order valence-electron chi connectivity index (χ0n) is 18.2. The molecule has 0 saturated heterocycles. The van der Waals surface area contributed by atoms with Gasteiger partial charge in [-0.3, -0.25) is 0 Å². The van der Waals surface area contributed by atoms with Gasteiger partial charge in [0.2, 0.25) is 0 Å². The number of aliphatic hydroxyl groups is 1. The van der Waals surface area contributed by atoms with Gasteiger partial charge >= 0.3 is 0 Å². The Morgan fingerprint density at radius 2 is 1.67 bits per heavy atom. The van der Waals surface area contributed by atoms with Crippen molar-refractivity contribution in [1.82, 2.24) is 0 Å². The lowest BCUT2D eigenvalue weighted by molar-refractivity contribution is 0.177. The molecule has 0 bridgehead atoms. The van der Waals surface area contributed by atoms with Gasteiger partial charge in [-0.25, -0.2) is 0 Å². The average molecular weight is 378 g/mol. The maximum atomic E-state index is 9.52.